The standard InChI is InChI=1S/C17H20F2N4O4/c1-17(2,3)27-16(25)22-23-8-10-6-5-9(7-11(10)15(23)24)14(21-4)26-13(20)12(18)19/h5-7,12,20H,8H2,1-4H3,(H,22,25). The van der Waals surface area contributed by atoms with Crippen molar-refractivity contribution >= 4 is 23.8 Å². The van der Waals surface area contributed by atoms with Crippen LogP contribution in [-0.2, 0) is 16.0 Å². The zero-order chi connectivity index (χ0) is 20.4. The van der Waals surface area contributed by atoms with Gasteiger partial charge in [-0.3, -0.25) is 15.2 Å². The third-order valence-corrected chi connectivity index (χ3v) is 3.39. The van der Waals surface area contributed by atoms with Crippen LogP contribution in [0.2, 0.25) is 0 Å². The van der Waals surface area contributed by atoms with Gasteiger partial charge >= 0.3 is 12.5 Å². The number of aliphatic imine (C=N–C) groups is 1. The lowest BCUT2D eigenvalue weighted by Gasteiger charge is -2.23. The smallest absolute Gasteiger partial charge is 0.426 e. The Morgan fingerprint density at radius 2 is 2.04 bits per heavy atom. The summed E-state index contributed by atoms with van der Waals surface area (Å²) in [6.45, 7) is 5.21. The molecule has 1 aromatic rings. The molecule has 0 saturated carbocycles. The number of fused-ring (bicyclic) bond motifs is 1. The number of benzene rings is 1. The van der Waals surface area contributed by atoms with Gasteiger partial charge in [0, 0.05) is 18.2 Å². The molecule has 10 heteroatoms. The predicted octanol–water partition coefficient (Wildman–Crippen LogP) is 2.72. The number of halogens is 2. The highest BCUT2D eigenvalue weighted by Crippen LogP contribution is 2.23. The summed E-state index contributed by atoms with van der Waals surface area (Å²) in [5, 5.41) is 8.20. The molecule has 0 atom stereocenters. The number of hydrazine groups is 1. The first-order valence-corrected chi connectivity index (χ1v) is 7.98. The second-order valence-corrected chi connectivity index (χ2v) is 6.67. The summed E-state index contributed by atoms with van der Waals surface area (Å²) < 4.78 is 34.9. The Kier molecular flexibility index (Phi) is 5.77. The number of nitrogens with zero attached hydrogens (tertiary/aromatic N) is 2. The Labute approximate surface area is 154 Å². The summed E-state index contributed by atoms with van der Waals surface area (Å²) in [5.41, 5.74) is 2.80. The Hall–Kier alpha value is -3.04. The van der Waals surface area contributed by atoms with Crippen molar-refractivity contribution in [2.45, 2.75) is 39.3 Å². The van der Waals surface area contributed by atoms with Crippen LogP contribution in [0.3, 0.4) is 0 Å². The number of rotatable bonds is 3. The normalized spacial score (nSPS) is 14.3. The topological polar surface area (TPSA) is 104 Å². The van der Waals surface area contributed by atoms with E-state index < -0.39 is 29.9 Å². The monoisotopic (exact) mass is 382 g/mol. The van der Waals surface area contributed by atoms with Gasteiger partial charge in [-0.15, -0.1) is 0 Å². The van der Waals surface area contributed by atoms with E-state index in [0.717, 1.165) is 5.01 Å². The van der Waals surface area contributed by atoms with Gasteiger partial charge in [-0.2, -0.15) is 8.78 Å². The number of hydrogen-bond acceptors (Lipinski definition) is 6. The Morgan fingerprint density at radius 1 is 1.37 bits per heavy atom. The molecule has 1 aliphatic rings. The fourth-order valence-electron chi connectivity index (χ4n) is 2.32. The number of amides is 2. The van der Waals surface area contributed by atoms with Crippen LogP contribution < -0.4 is 5.43 Å². The molecule has 0 unspecified atom stereocenters. The first-order chi connectivity index (χ1) is 12.5. The number of nitrogens with one attached hydrogen (secondary N) is 2. The van der Waals surface area contributed by atoms with Crippen molar-refractivity contribution < 1.29 is 27.8 Å². The van der Waals surface area contributed by atoms with E-state index in [1.165, 1.54) is 19.2 Å². The summed E-state index contributed by atoms with van der Waals surface area (Å²) >= 11 is 0. The highest BCUT2D eigenvalue weighted by Gasteiger charge is 2.31. The summed E-state index contributed by atoms with van der Waals surface area (Å²) in [6, 6.07) is 4.54. The van der Waals surface area contributed by atoms with Gasteiger partial charge in [0.25, 0.3) is 11.8 Å². The first kappa shape index (κ1) is 20.3. The summed E-state index contributed by atoms with van der Waals surface area (Å²) in [6.07, 6.45) is -3.85. The van der Waals surface area contributed by atoms with Gasteiger partial charge < -0.3 is 9.47 Å². The van der Waals surface area contributed by atoms with Gasteiger partial charge in [0.1, 0.15) is 5.60 Å². The highest BCUT2D eigenvalue weighted by molar-refractivity contribution is 6.05. The van der Waals surface area contributed by atoms with Crippen LogP contribution in [0.15, 0.2) is 23.2 Å². The Balaban J connectivity index is 2.16. The highest BCUT2D eigenvalue weighted by atomic mass is 19.3. The molecule has 0 saturated heterocycles. The molecule has 2 rings (SSSR count). The van der Waals surface area contributed by atoms with Gasteiger partial charge in [-0.25, -0.2) is 15.2 Å². The summed E-state index contributed by atoms with van der Waals surface area (Å²) in [7, 11) is 1.32. The fourth-order valence-corrected chi connectivity index (χ4v) is 2.32. The molecule has 27 heavy (non-hydrogen) atoms. The lowest BCUT2D eigenvalue weighted by Crippen LogP contribution is -2.44. The van der Waals surface area contributed by atoms with Gasteiger partial charge in [0.2, 0.25) is 5.90 Å². The second-order valence-electron chi connectivity index (χ2n) is 6.67. The zero-order valence-electron chi connectivity index (χ0n) is 15.3. The largest absolute Gasteiger partial charge is 0.443 e. The number of carbonyl (C=O) groups excluding carboxylic acids is 2. The van der Waals surface area contributed by atoms with E-state index in [0.29, 0.717) is 5.56 Å². The number of carbonyl (C=O) groups is 2. The van der Waals surface area contributed by atoms with E-state index in [2.05, 4.69) is 10.4 Å². The molecule has 1 heterocycles. The minimum absolute atomic E-state index is 0.125. The fraction of sp³-hybridized carbons (Fsp3) is 0.412. The molecule has 8 nitrogen and oxygen atoms in total. The van der Waals surface area contributed by atoms with Crippen molar-refractivity contribution in [2.75, 3.05) is 7.05 Å². The molecule has 0 bridgehead atoms. The molecule has 1 aromatic carbocycles. The lowest BCUT2D eigenvalue weighted by molar-refractivity contribution is 0.0302. The predicted molar refractivity (Wildman–Crippen MR) is 93.0 cm³/mol. The van der Waals surface area contributed by atoms with Crippen molar-refractivity contribution in [3.05, 3.63) is 34.9 Å². The van der Waals surface area contributed by atoms with Gasteiger partial charge in [-0.1, -0.05) is 6.07 Å². The molecule has 2 amide bonds. The van der Waals surface area contributed by atoms with Crippen molar-refractivity contribution in [3.8, 4) is 0 Å². The second kappa shape index (κ2) is 7.68. The van der Waals surface area contributed by atoms with Gasteiger partial charge in [0.05, 0.1) is 6.54 Å². The van der Waals surface area contributed by atoms with Crippen molar-refractivity contribution in [1.82, 2.24) is 10.4 Å². The molecule has 0 aliphatic carbocycles. The molecule has 0 fully saturated rings. The SMILES string of the molecule is CN=C(OC(=N)C(F)F)c1ccc2c(c1)C(=O)N(NC(=O)OC(C)(C)C)C2. The number of ether oxygens (including phenoxy) is 2. The van der Waals surface area contributed by atoms with Crippen LogP contribution in [0.25, 0.3) is 0 Å². The van der Waals surface area contributed by atoms with Crippen molar-refractivity contribution in [3.63, 3.8) is 0 Å². The molecular formula is C17H20F2N4O4. The van der Waals surface area contributed by atoms with E-state index in [4.69, 9.17) is 14.9 Å². The summed E-state index contributed by atoms with van der Waals surface area (Å²) in [4.78, 5) is 28.1. The maximum atomic E-state index is 12.5. The van der Waals surface area contributed by atoms with Crippen molar-refractivity contribution in [1.29, 1.82) is 5.41 Å². The molecule has 1 aliphatic heterocycles. The Bertz CT molecular complexity index is 803. The maximum absolute atomic E-state index is 12.5. The quantitative estimate of drug-likeness (QED) is 0.619. The molecular weight excluding hydrogens is 362 g/mol. The number of hydrogen-bond donors (Lipinski definition) is 2. The maximum Gasteiger partial charge on any atom is 0.426 e. The van der Waals surface area contributed by atoms with Crippen LogP contribution in [0.1, 0.15) is 42.3 Å². The molecule has 2 N–H and O–H groups in total. The van der Waals surface area contributed by atoms with E-state index in [-0.39, 0.29) is 23.6 Å². The minimum atomic E-state index is -3.08. The lowest BCUT2D eigenvalue weighted by atomic mass is 10.1. The van der Waals surface area contributed by atoms with E-state index in [1.807, 2.05) is 0 Å². The Morgan fingerprint density at radius 3 is 2.59 bits per heavy atom. The molecule has 146 valence electrons. The van der Waals surface area contributed by atoms with Crippen LogP contribution >= 0.6 is 0 Å². The van der Waals surface area contributed by atoms with Crippen LogP contribution in [0, 0.1) is 5.41 Å². The van der Waals surface area contributed by atoms with E-state index in [1.54, 1.807) is 26.8 Å². The third-order valence-electron chi connectivity index (χ3n) is 3.39. The number of alkyl halides is 2. The average Bonchev–Trinajstić information content (AvgIpc) is 2.86. The van der Waals surface area contributed by atoms with Crippen molar-refractivity contribution in [2.24, 2.45) is 4.99 Å². The minimum Gasteiger partial charge on any atom is -0.443 e. The molecule has 0 radical (unpaired) electrons. The summed E-state index contributed by atoms with van der Waals surface area (Å²) in [5.74, 6) is -1.94. The average molecular weight is 382 g/mol. The van der Waals surface area contributed by atoms with E-state index in [9.17, 15) is 18.4 Å². The van der Waals surface area contributed by atoms with Crippen LogP contribution in [0.5, 0.6) is 0 Å². The van der Waals surface area contributed by atoms with Crippen LogP contribution in [0.4, 0.5) is 13.6 Å². The first-order valence-electron chi connectivity index (χ1n) is 7.98. The molecule has 0 aromatic heterocycles. The van der Waals surface area contributed by atoms with Gasteiger partial charge in [-0.05, 0) is 38.5 Å². The van der Waals surface area contributed by atoms with Crippen LogP contribution in [-0.4, -0.2) is 47.9 Å². The third kappa shape index (κ3) is 4.99. The molecule has 0 spiro atoms. The van der Waals surface area contributed by atoms with E-state index >= 15 is 0 Å². The zero-order valence-corrected chi connectivity index (χ0v) is 15.3. The van der Waals surface area contributed by atoms with Gasteiger partial charge in [0.15, 0.2) is 0 Å².